The minimum Gasteiger partial charge on any atom is -0.475 e. The normalized spacial score (nSPS) is 24.1. The Bertz CT molecular complexity index is 1540. The van der Waals surface area contributed by atoms with Gasteiger partial charge in [-0.1, -0.05) is 0 Å². The van der Waals surface area contributed by atoms with Crippen LogP contribution in [-0.4, -0.2) is 87.7 Å². The Morgan fingerprint density at radius 2 is 2.00 bits per heavy atom. The highest BCUT2D eigenvalue weighted by molar-refractivity contribution is 5.97. The summed E-state index contributed by atoms with van der Waals surface area (Å²) in [5.74, 6) is -1.46. The summed E-state index contributed by atoms with van der Waals surface area (Å²) in [6.07, 6.45) is -3.75. The number of aliphatic hydroxyl groups excluding tert-OH is 1. The second kappa shape index (κ2) is 10.3. The first-order valence-electron chi connectivity index (χ1n) is 13.7. The predicted molar refractivity (Wildman–Crippen MR) is 143 cm³/mol. The SMILES string of the molecule is Cc1cc(N)nc(-c2nc3c4c(nc(OC[C@@]56CCCN5C[C@H](F)C6)nc4c2F)N(C)[C@@H](CCO)CO3)c1C(F)(F)F. The zero-order valence-corrected chi connectivity index (χ0v) is 23.0. The van der Waals surface area contributed by atoms with Crippen molar-refractivity contribution in [3.8, 4) is 23.3 Å². The lowest BCUT2D eigenvalue weighted by Crippen LogP contribution is -2.43. The Morgan fingerprint density at radius 1 is 1.21 bits per heavy atom. The number of nitrogen functional groups attached to an aromatic ring is 1. The number of fused-ring (bicyclic) bond motifs is 1. The Balaban J connectivity index is 1.53. The van der Waals surface area contributed by atoms with Crippen molar-refractivity contribution in [2.24, 2.45) is 0 Å². The quantitative estimate of drug-likeness (QED) is 0.408. The van der Waals surface area contributed by atoms with Crippen molar-refractivity contribution in [2.45, 2.75) is 56.5 Å². The van der Waals surface area contributed by atoms with Gasteiger partial charge < -0.3 is 25.2 Å². The number of hydrogen-bond acceptors (Lipinski definition) is 10. The van der Waals surface area contributed by atoms with Crippen LogP contribution in [0.5, 0.6) is 11.9 Å². The van der Waals surface area contributed by atoms with E-state index < -0.39 is 46.7 Å². The fourth-order valence-electron chi connectivity index (χ4n) is 6.45. The molecule has 15 heteroatoms. The van der Waals surface area contributed by atoms with Gasteiger partial charge in [0.2, 0.25) is 5.88 Å². The Hall–Kier alpha value is -3.59. The van der Waals surface area contributed by atoms with Gasteiger partial charge in [-0.3, -0.25) is 4.90 Å². The van der Waals surface area contributed by atoms with Gasteiger partial charge in [-0.15, -0.1) is 0 Å². The van der Waals surface area contributed by atoms with Gasteiger partial charge in [0.15, 0.2) is 5.82 Å². The molecule has 3 atom stereocenters. The topological polar surface area (TPSA) is 123 Å². The lowest BCUT2D eigenvalue weighted by molar-refractivity contribution is -0.137. The third kappa shape index (κ3) is 4.71. The zero-order chi connectivity index (χ0) is 30.0. The summed E-state index contributed by atoms with van der Waals surface area (Å²) in [5.41, 5.74) is 1.88. The summed E-state index contributed by atoms with van der Waals surface area (Å²) in [5, 5.41) is 9.66. The van der Waals surface area contributed by atoms with Gasteiger partial charge in [0.25, 0.3) is 0 Å². The molecule has 0 bridgehead atoms. The molecule has 3 aliphatic heterocycles. The number of aryl methyl sites for hydroxylation is 1. The molecular formula is C27H30F5N7O3. The van der Waals surface area contributed by atoms with Crippen LogP contribution in [0.3, 0.4) is 0 Å². The minimum atomic E-state index is -4.89. The summed E-state index contributed by atoms with van der Waals surface area (Å²) >= 11 is 0. The number of aromatic nitrogens is 4. The molecule has 226 valence electrons. The first-order chi connectivity index (χ1) is 19.9. The fourth-order valence-corrected chi connectivity index (χ4v) is 6.45. The molecule has 42 heavy (non-hydrogen) atoms. The van der Waals surface area contributed by atoms with E-state index >= 15 is 4.39 Å². The van der Waals surface area contributed by atoms with Crippen molar-refractivity contribution in [3.05, 3.63) is 23.0 Å². The van der Waals surface area contributed by atoms with E-state index in [0.29, 0.717) is 13.0 Å². The van der Waals surface area contributed by atoms with Crippen molar-refractivity contribution >= 4 is 22.5 Å². The van der Waals surface area contributed by atoms with E-state index in [0.717, 1.165) is 19.0 Å². The van der Waals surface area contributed by atoms with E-state index in [-0.39, 0.29) is 72.7 Å². The van der Waals surface area contributed by atoms with E-state index in [1.165, 1.54) is 6.92 Å². The van der Waals surface area contributed by atoms with E-state index in [9.17, 15) is 22.7 Å². The van der Waals surface area contributed by atoms with Crippen LogP contribution in [0, 0.1) is 12.7 Å². The monoisotopic (exact) mass is 595 g/mol. The highest BCUT2D eigenvalue weighted by Crippen LogP contribution is 2.44. The zero-order valence-electron chi connectivity index (χ0n) is 23.0. The first-order valence-corrected chi connectivity index (χ1v) is 13.7. The van der Waals surface area contributed by atoms with E-state index in [4.69, 9.17) is 15.2 Å². The second-order valence-corrected chi connectivity index (χ2v) is 11.2. The maximum Gasteiger partial charge on any atom is 0.418 e. The van der Waals surface area contributed by atoms with Crippen LogP contribution in [0.2, 0.25) is 0 Å². The van der Waals surface area contributed by atoms with Gasteiger partial charge in [0.1, 0.15) is 53.3 Å². The molecule has 0 aliphatic carbocycles. The minimum absolute atomic E-state index is 0.0255. The number of anilines is 2. The summed E-state index contributed by atoms with van der Waals surface area (Å²) < 4.78 is 85.0. The standard InChI is InChI=1S/C27H30F5N7O3/c1-13-8-16(33)34-21(18(13)27(30,31)32)22-19(29)20-17-23(38(2)15(4-7-40)11-41-24(17)35-22)37-25(36-20)42-12-26-5-3-6-39(26)10-14(28)9-26/h8,14-15,40H,3-7,9-12H2,1-2H3,(H2,33,34)/t14-,15+,26+/m1/s1. The number of nitrogens with two attached hydrogens (primary N) is 1. The molecule has 0 aromatic carbocycles. The fraction of sp³-hybridized carbons (Fsp3) is 0.556. The number of pyridine rings is 2. The molecule has 3 N–H and O–H groups in total. The highest BCUT2D eigenvalue weighted by atomic mass is 19.4. The van der Waals surface area contributed by atoms with Crippen LogP contribution >= 0.6 is 0 Å². The molecule has 0 unspecified atom stereocenters. The molecule has 2 fully saturated rings. The summed E-state index contributed by atoms with van der Waals surface area (Å²) in [6, 6.07) is 0.382. The Kier molecular flexibility index (Phi) is 6.99. The van der Waals surface area contributed by atoms with E-state index in [1.807, 2.05) is 4.90 Å². The number of hydrogen-bond donors (Lipinski definition) is 2. The number of halogens is 5. The van der Waals surface area contributed by atoms with Crippen molar-refractivity contribution < 1.29 is 36.5 Å². The molecule has 0 radical (unpaired) electrons. The second-order valence-electron chi connectivity index (χ2n) is 11.2. The third-order valence-electron chi connectivity index (χ3n) is 8.44. The molecule has 10 nitrogen and oxygen atoms in total. The predicted octanol–water partition coefficient (Wildman–Crippen LogP) is 3.67. The maximum absolute atomic E-state index is 16.4. The molecule has 6 rings (SSSR count). The van der Waals surface area contributed by atoms with Crippen molar-refractivity contribution in [3.63, 3.8) is 0 Å². The molecular weight excluding hydrogens is 565 g/mol. The number of nitrogens with zero attached hydrogens (tertiary/aromatic N) is 6. The van der Waals surface area contributed by atoms with Crippen LogP contribution in [0.4, 0.5) is 33.6 Å². The van der Waals surface area contributed by atoms with Crippen LogP contribution in [0.25, 0.3) is 22.3 Å². The molecule has 0 saturated carbocycles. The maximum atomic E-state index is 16.4. The lowest BCUT2D eigenvalue weighted by Gasteiger charge is -2.31. The molecule has 2 saturated heterocycles. The summed E-state index contributed by atoms with van der Waals surface area (Å²) in [7, 11) is 1.67. The van der Waals surface area contributed by atoms with Crippen molar-refractivity contribution in [1.82, 2.24) is 24.8 Å². The molecule has 3 aliphatic rings. The molecule has 3 aromatic heterocycles. The van der Waals surface area contributed by atoms with Gasteiger partial charge in [-0.25, -0.2) is 18.7 Å². The van der Waals surface area contributed by atoms with Crippen LogP contribution in [0.15, 0.2) is 6.07 Å². The molecule has 0 spiro atoms. The number of alkyl halides is 4. The number of ether oxygens (including phenoxy) is 2. The van der Waals surface area contributed by atoms with Crippen LogP contribution < -0.4 is 20.1 Å². The van der Waals surface area contributed by atoms with Crippen molar-refractivity contribution in [2.75, 3.05) is 50.6 Å². The van der Waals surface area contributed by atoms with Crippen LogP contribution in [-0.2, 0) is 6.18 Å². The number of rotatable bonds is 6. The number of aliphatic hydroxyl groups is 1. The van der Waals surface area contributed by atoms with Gasteiger partial charge >= 0.3 is 12.2 Å². The summed E-state index contributed by atoms with van der Waals surface area (Å²) in [6.45, 7) is 2.08. The Labute approximate surface area is 237 Å². The van der Waals surface area contributed by atoms with Crippen LogP contribution in [0.1, 0.15) is 36.8 Å². The van der Waals surface area contributed by atoms with Gasteiger partial charge in [0.05, 0.1) is 17.1 Å². The average Bonchev–Trinajstić information content (AvgIpc) is 3.40. The first kappa shape index (κ1) is 28.5. The molecule has 6 heterocycles. The van der Waals surface area contributed by atoms with Gasteiger partial charge in [0, 0.05) is 26.6 Å². The molecule has 0 amide bonds. The summed E-state index contributed by atoms with van der Waals surface area (Å²) in [4.78, 5) is 20.5. The molecule has 3 aromatic rings. The number of likely N-dealkylation sites (N-methyl/N-ethyl adjacent to an activating group) is 1. The lowest BCUT2D eigenvalue weighted by atomic mass is 9.95. The van der Waals surface area contributed by atoms with Crippen molar-refractivity contribution in [1.29, 1.82) is 0 Å². The third-order valence-corrected chi connectivity index (χ3v) is 8.44. The smallest absolute Gasteiger partial charge is 0.418 e. The largest absolute Gasteiger partial charge is 0.475 e. The van der Waals surface area contributed by atoms with Gasteiger partial charge in [-0.05, 0) is 44.4 Å². The van der Waals surface area contributed by atoms with Gasteiger partial charge in [-0.2, -0.15) is 23.1 Å². The Morgan fingerprint density at radius 3 is 2.74 bits per heavy atom. The highest BCUT2D eigenvalue weighted by Gasteiger charge is 2.49. The van der Waals surface area contributed by atoms with E-state index in [1.54, 1.807) is 11.9 Å². The average molecular weight is 596 g/mol. The van der Waals surface area contributed by atoms with E-state index in [2.05, 4.69) is 19.9 Å².